The molecule has 240 valence electrons. The Balaban J connectivity index is 1.22. The summed E-state index contributed by atoms with van der Waals surface area (Å²) >= 11 is 1.28. The lowest BCUT2D eigenvalue weighted by atomic mass is 10.1. The smallest absolute Gasteiger partial charge is 0.335 e. The lowest BCUT2D eigenvalue weighted by Gasteiger charge is -2.12. The molecule has 0 fully saturated rings. The normalized spacial score (nSPS) is 10.9. The molecule has 0 aromatic heterocycles. The van der Waals surface area contributed by atoms with Crippen LogP contribution in [0.1, 0.15) is 31.8 Å². The Morgan fingerprint density at radius 1 is 0.688 bits per heavy atom. The van der Waals surface area contributed by atoms with E-state index >= 15 is 0 Å². The van der Waals surface area contributed by atoms with E-state index in [0.29, 0.717) is 34.9 Å². The molecule has 0 heterocycles. The minimum Gasteiger partial charge on any atom is -0.489 e. The predicted molar refractivity (Wildman–Crippen MR) is 187 cm³/mol. The summed E-state index contributed by atoms with van der Waals surface area (Å²) in [4.78, 5) is 50.8. The number of thioether (sulfide) groups is 1. The van der Waals surface area contributed by atoms with Crippen LogP contribution < -0.4 is 20.7 Å². The van der Waals surface area contributed by atoms with Gasteiger partial charge in [-0.1, -0.05) is 66.7 Å². The number of carbonyl (C=O) groups is 4. The Morgan fingerprint density at radius 2 is 1.35 bits per heavy atom. The molecule has 5 rings (SSSR count). The molecule has 0 aliphatic heterocycles. The van der Waals surface area contributed by atoms with Crippen molar-refractivity contribution in [3.8, 4) is 5.75 Å². The van der Waals surface area contributed by atoms with E-state index in [0.717, 1.165) is 10.5 Å². The second-order valence-electron chi connectivity index (χ2n) is 10.4. The predicted octanol–water partition coefficient (Wildman–Crippen LogP) is 7.10. The van der Waals surface area contributed by atoms with Gasteiger partial charge in [0.1, 0.15) is 18.1 Å². The average Bonchev–Trinajstić information content (AvgIpc) is 3.11. The van der Waals surface area contributed by atoms with Crippen molar-refractivity contribution >= 4 is 52.9 Å². The summed E-state index contributed by atoms with van der Waals surface area (Å²) in [5, 5.41) is 17.4. The number of benzene rings is 5. The van der Waals surface area contributed by atoms with Crippen LogP contribution in [0.15, 0.2) is 144 Å². The van der Waals surface area contributed by atoms with Crippen LogP contribution in [0.25, 0.3) is 6.08 Å². The van der Waals surface area contributed by atoms with Crippen molar-refractivity contribution < 1.29 is 29.0 Å². The number of carbonyl (C=O) groups excluding carboxylic acids is 3. The number of amides is 3. The first kappa shape index (κ1) is 33.2. The maximum Gasteiger partial charge on any atom is 0.335 e. The van der Waals surface area contributed by atoms with Gasteiger partial charge in [-0.3, -0.25) is 14.4 Å². The van der Waals surface area contributed by atoms with Gasteiger partial charge in [0.05, 0.1) is 11.3 Å². The zero-order chi connectivity index (χ0) is 33.7. The number of carboxylic acid groups (broad SMARTS) is 1. The fourth-order valence-corrected chi connectivity index (χ4v) is 5.12. The van der Waals surface area contributed by atoms with Gasteiger partial charge in [0.15, 0.2) is 0 Å². The van der Waals surface area contributed by atoms with Gasteiger partial charge < -0.3 is 25.8 Å². The molecule has 0 saturated carbocycles. The van der Waals surface area contributed by atoms with Crippen molar-refractivity contribution in [2.75, 3.05) is 16.4 Å². The SMILES string of the molecule is O=C(CSc1ccc(NC(=O)/C(=C/c2ccc(OCc3ccccc3)cc2)NC(=O)c2ccccc2)cc1)Nc1cccc(C(=O)O)c1. The third kappa shape index (κ3) is 9.93. The number of ether oxygens (including phenoxy) is 1. The van der Waals surface area contributed by atoms with Crippen LogP contribution >= 0.6 is 11.8 Å². The van der Waals surface area contributed by atoms with Crippen molar-refractivity contribution in [2.24, 2.45) is 0 Å². The van der Waals surface area contributed by atoms with Gasteiger partial charge in [-0.05, 0) is 83.9 Å². The topological polar surface area (TPSA) is 134 Å². The molecule has 10 heteroatoms. The van der Waals surface area contributed by atoms with E-state index in [1.165, 1.54) is 23.9 Å². The standard InChI is InChI=1S/C38H31N3O6S/c42-35(39-31-13-7-12-29(23-31)38(45)46)25-48-33-20-16-30(17-21-33)40-37(44)34(41-36(43)28-10-5-2-6-11-28)22-26-14-18-32(19-15-26)47-24-27-8-3-1-4-9-27/h1-23H,24-25H2,(H,39,42)(H,40,44)(H,41,43)(H,45,46)/b34-22-. The summed E-state index contributed by atoms with van der Waals surface area (Å²) < 4.78 is 5.87. The third-order valence-corrected chi connectivity index (χ3v) is 7.86. The van der Waals surface area contributed by atoms with Crippen LogP contribution in [-0.2, 0) is 16.2 Å². The quantitative estimate of drug-likeness (QED) is 0.0784. The van der Waals surface area contributed by atoms with Gasteiger partial charge in [-0.2, -0.15) is 0 Å². The number of anilines is 2. The highest BCUT2D eigenvalue weighted by Crippen LogP contribution is 2.22. The molecule has 5 aromatic rings. The van der Waals surface area contributed by atoms with E-state index in [-0.39, 0.29) is 22.9 Å². The van der Waals surface area contributed by atoms with Crippen LogP contribution in [0.3, 0.4) is 0 Å². The first-order chi connectivity index (χ1) is 23.3. The second kappa shape index (κ2) is 16.4. The molecule has 0 spiro atoms. The van der Waals surface area contributed by atoms with Crippen LogP contribution in [-0.4, -0.2) is 34.6 Å². The van der Waals surface area contributed by atoms with Crippen LogP contribution in [0.4, 0.5) is 11.4 Å². The molecular weight excluding hydrogens is 627 g/mol. The van der Waals surface area contributed by atoms with E-state index in [4.69, 9.17) is 9.84 Å². The second-order valence-corrected chi connectivity index (χ2v) is 11.5. The van der Waals surface area contributed by atoms with Crippen LogP contribution in [0.5, 0.6) is 5.75 Å². The van der Waals surface area contributed by atoms with Crippen molar-refractivity contribution in [3.05, 3.63) is 161 Å². The summed E-state index contributed by atoms with van der Waals surface area (Å²) in [6, 6.07) is 38.6. The van der Waals surface area contributed by atoms with Crippen LogP contribution in [0, 0.1) is 0 Å². The maximum atomic E-state index is 13.4. The largest absolute Gasteiger partial charge is 0.489 e. The van der Waals surface area contributed by atoms with E-state index in [1.54, 1.807) is 97.1 Å². The molecule has 0 saturated heterocycles. The number of carboxylic acids is 1. The van der Waals surface area contributed by atoms with Crippen molar-refractivity contribution in [2.45, 2.75) is 11.5 Å². The summed E-state index contributed by atoms with van der Waals surface area (Å²) in [5.41, 5.74) is 3.14. The Hall–Kier alpha value is -6.13. The molecule has 0 aliphatic rings. The number of rotatable bonds is 13. The Morgan fingerprint density at radius 3 is 2.04 bits per heavy atom. The first-order valence-electron chi connectivity index (χ1n) is 14.8. The zero-order valence-electron chi connectivity index (χ0n) is 25.6. The molecule has 0 atom stereocenters. The summed E-state index contributed by atoms with van der Waals surface area (Å²) in [5.74, 6) is -1.56. The fraction of sp³-hybridized carbons (Fsp3) is 0.0526. The Bertz CT molecular complexity index is 1910. The molecule has 3 amide bonds. The van der Waals surface area contributed by atoms with Crippen molar-refractivity contribution in [3.63, 3.8) is 0 Å². The molecular formula is C38H31N3O6S. The van der Waals surface area contributed by atoms with Gasteiger partial charge in [-0.15, -0.1) is 11.8 Å². The van der Waals surface area contributed by atoms with E-state index in [9.17, 15) is 19.2 Å². The minimum atomic E-state index is -1.08. The highest BCUT2D eigenvalue weighted by Gasteiger charge is 2.15. The summed E-state index contributed by atoms with van der Waals surface area (Å²) in [6.07, 6.45) is 1.59. The molecule has 0 bridgehead atoms. The molecule has 5 aromatic carbocycles. The lowest BCUT2D eigenvalue weighted by Crippen LogP contribution is -2.30. The number of hydrogen-bond donors (Lipinski definition) is 4. The summed E-state index contributed by atoms with van der Waals surface area (Å²) in [7, 11) is 0. The first-order valence-corrected chi connectivity index (χ1v) is 15.8. The van der Waals surface area contributed by atoms with Gasteiger partial charge in [0.25, 0.3) is 11.8 Å². The highest BCUT2D eigenvalue weighted by atomic mass is 32.2. The van der Waals surface area contributed by atoms with Crippen LogP contribution in [0.2, 0.25) is 0 Å². The van der Waals surface area contributed by atoms with E-state index < -0.39 is 17.8 Å². The fourth-order valence-electron chi connectivity index (χ4n) is 4.42. The number of aromatic carboxylic acids is 1. The average molecular weight is 658 g/mol. The minimum absolute atomic E-state index is 0.0453. The van der Waals surface area contributed by atoms with Gasteiger partial charge in [0, 0.05) is 21.8 Å². The lowest BCUT2D eigenvalue weighted by molar-refractivity contribution is -0.114. The molecule has 0 aliphatic carbocycles. The Kier molecular flexibility index (Phi) is 11.4. The monoisotopic (exact) mass is 657 g/mol. The summed E-state index contributed by atoms with van der Waals surface area (Å²) in [6.45, 7) is 0.421. The molecule has 0 radical (unpaired) electrons. The maximum absolute atomic E-state index is 13.4. The molecule has 9 nitrogen and oxygen atoms in total. The van der Waals surface area contributed by atoms with E-state index in [2.05, 4.69) is 16.0 Å². The van der Waals surface area contributed by atoms with E-state index in [1.807, 2.05) is 30.3 Å². The number of hydrogen-bond acceptors (Lipinski definition) is 6. The van der Waals surface area contributed by atoms with Gasteiger partial charge >= 0.3 is 5.97 Å². The van der Waals surface area contributed by atoms with Crippen molar-refractivity contribution in [1.82, 2.24) is 5.32 Å². The zero-order valence-corrected chi connectivity index (χ0v) is 26.4. The Labute approximate surface area is 281 Å². The molecule has 48 heavy (non-hydrogen) atoms. The van der Waals surface area contributed by atoms with Gasteiger partial charge in [0.2, 0.25) is 5.91 Å². The number of nitrogens with one attached hydrogen (secondary N) is 3. The highest BCUT2D eigenvalue weighted by molar-refractivity contribution is 8.00. The molecule has 4 N–H and O–H groups in total. The van der Waals surface area contributed by atoms with Crippen molar-refractivity contribution in [1.29, 1.82) is 0 Å². The molecule has 0 unspecified atom stereocenters. The third-order valence-electron chi connectivity index (χ3n) is 6.84. The van der Waals surface area contributed by atoms with Gasteiger partial charge in [-0.25, -0.2) is 4.79 Å².